The minimum atomic E-state index is -1.23. The molecular weight excluding hydrogens is 348 g/mol. The summed E-state index contributed by atoms with van der Waals surface area (Å²) < 4.78 is 0. The Hall–Kier alpha value is -0.846. The second-order valence-electron chi connectivity index (χ2n) is 10.3. The number of hydrogen-bond donors (Lipinski definition) is 0. The molecular formula is C22H38N2Si2. The van der Waals surface area contributed by atoms with Gasteiger partial charge in [-0.05, 0) is 51.4 Å². The Morgan fingerprint density at radius 2 is 0.846 bits per heavy atom. The van der Waals surface area contributed by atoms with Gasteiger partial charge in [0.15, 0.2) is 0 Å². The first-order chi connectivity index (χ1) is 12.1. The van der Waals surface area contributed by atoms with E-state index in [4.69, 9.17) is 10.2 Å². The highest BCUT2D eigenvalue weighted by Gasteiger charge is 2.23. The molecule has 0 saturated heterocycles. The fourth-order valence-corrected chi connectivity index (χ4v) is 4.77. The number of rotatable bonds is 2. The largest absolute Gasteiger partial charge is 0.191 e. The first kappa shape index (κ1) is 21.5. The zero-order valence-corrected chi connectivity index (χ0v) is 19.9. The SMILES string of the molecule is C[Si](C)(C)C#CC1CCC(N=NC2CCC(C#C[Si](C)(C)C)CC2)CC1. The lowest BCUT2D eigenvalue weighted by Gasteiger charge is -2.25. The molecule has 0 aliphatic heterocycles. The Morgan fingerprint density at radius 3 is 1.12 bits per heavy atom. The molecule has 0 radical (unpaired) electrons. The van der Waals surface area contributed by atoms with E-state index in [0.29, 0.717) is 23.9 Å². The molecule has 0 aromatic heterocycles. The van der Waals surface area contributed by atoms with Crippen molar-refractivity contribution in [3.05, 3.63) is 0 Å². The normalized spacial score (nSPS) is 30.2. The minimum absolute atomic E-state index is 0.448. The van der Waals surface area contributed by atoms with Crippen molar-refractivity contribution in [3.63, 3.8) is 0 Å². The molecule has 2 aliphatic rings. The number of azo groups is 1. The minimum Gasteiger partial charge on any atom is -0.191 e. The summed E-state index contributed by atoms with van der Waals surface area (Å²) in [5.74, 6) is 8.30. The van der Waals surface area contributed by atoms with E-state index in [0.717, 1.165) is 0 Å². The van der Waals surface area contributed by atoms with Crippen LogP contribution in [0.25, 0.3) is 0 Å². The van der Waals surface area contributed by atoms with Crippen LogP contribution in [-0.2, 0) is 0 Å². The van der Waals surface area contributed by atoms with E-state index in [1.54, 1.807) is 0 Å². The van der Waals surface area contributed by atoms with Crippen LogP contribution < -0.4 is 0 Å². The third-order valence-corrected chi connectivity index (χ3v) is 6.88. The van der Waals surface area contributed by atoms with E-state index in [-0.39, 0.29) is 0 Å². The van der Waals surface area contributed by atoms with Gasteiger partial charge in [0.2, 0.25) is 0 Å². The molecule has 0 spiro atoms. The highest BCUT2D eigenvalue weighted by atomic mass is 28.3. The molecule has 0 aromatic carbocycles. The monoisotopic (exact) mass is 386 g/mol. The van der Waals surface area contributed by atoms with Crippen molar-refractivity contribution >= 4 is 16.1 Å². The molecule has 0 atom stereocenters. The lowest BCUT2D eigenvalue weighted by Crippen LogP contribution is -2.21. The topological polar surface area (TPSA) is 24.7 Å². The maximum Gasteiger partial charge on any atom is 0.129 e. The van der Waals surface area contributed by atoms with Gasteiger partial charge in [-0.15, -0.1) is 22.9 Å². The number of hydrogen-bond acceptors (Lipinski definition) is 2. The van der Waals surface area contributed by atoms with Crippen molar-refractivity contribution in [1.82, 2.24) is 0 Å². The zero-order valence-electron chi connectivity index (χ0n) is 17.9. The lowest BCUT2D eigenvalue weighted by atomic mass is 9.86. The predicted molar refractivity (Wildman–Crippen MR) is 119 cm³/mol. The molecule has 0 amide bonds. The van der Waals surface area contributed by atoms with Crippen LogP contribution in [0.5, 0.6) is 0 Å². The fraction of sp³-hybridized carbons (Fsp3) is 0.818. The Labute approximate surface area is 164 Å². The molecule has 2 rings (SSSR count). The smallest absolute Gasteiger partial charge is 0.129 e. The summed E-state index contributed by atoms with van der Waals surface area (Å²) in [6, 6.07) is 0.897. The van der Waals surface area contributed by atoms with Crippen molar-refractivity contribution in [3.8, 4) is 22.9 Å². The van der Waals surface area contributed by atoms with Gasteiger partial charge in [-0.1, -0.05) is 39.3 Å². The van der Waals surface area contributed by atoms with E-state index in [9.17, 15) is 0 Å². The van der Waals surface area contributed by atoms with Crippen LogP contribution in [0.1, 0.15) is 51.4 Å². The third-order valence-electron chi connectivity index (χ3n) is 5.09. The summed E-state index contributed by atoms with van der Waals surface area (Å²) in [6.45, 7) is 13.9. The first-order valence-corrected chi connectivity index (χ1v) is 17.6. The molecule has 0 aromatic rings. The Bertz CT molecular complexity index is 535. The Kier molecular flexibility index (Phi) is 7.74. The third kappa shape index (κ3) is 8.69. The van der Waals surface area contributed by atoms with Gasteiger partial charge in [0.05, 0.1) is 12.1 Å². The molecule has 4 heteroatoms. The average molecular weight is 387 g/mol. The summed E-state index contributed by atoms with van der Waals surface area (Å²) in [5, 5.41) is 9.43. The van der Waals surface area contributed by atoms with E-state index in [1.807, 2.05) is 0 Å². The van der Waals surface area contributed by atoms with Crippen molar-refractivity contribution in [2.24, 2.45) is 22.1 Å². The molecule has 0 unspecified atom stereocenters. The second kappa shape index (κ2) is 9.38. The van der Waals surface area contributed by atoms with E-state index in [2.05, 4.69) is 62.2 Å². The van der Waals surface area contributed by atoms with Crippen molar-refractivity contribution in [1.29, 1.82) is 0 Å². The van der Waals surface area contributed by atoms with Crippen molar-refractivity contribution in [2.75, 3.05) is 0 Å². The van der Waals surface area contributed by atoms with Crippen LogP contribution in [0.2, 0.25) is 39.3 Å². The second-order valence-corrected chi connectivity index (χ2v) is 19.8. The van der Waals surface area contributed by atoms with Crippen LogP contribution >= 0.6 is 0 Å². The van der Waals surface area contributed by atoms with Crippen LogP contribution in [0.15, 0.2) is 10.2 Å². The van der Waals surface area contributed by atoms with Crippen LogP contribution in [0.4, 0.5) is 0 Å². The number of nitrogens with zero attached hydrogens (tertiary/aromatic N) is 2. The van der Waals surface area contributed by atoms with E-state index < -0.39 is 16.1 Å². The maximum atomic E-state index is 4.72. The molecule has 0 bridgehead atoms. The van der Waals surface area contributed by atoms with E-state index in [1.165, 1.54) is 51.4 Å². The zero-order chi connectivity index (χ0) is 19.2. The molecule has 2 aliphatic carbocycles. The van der Waals surface area contributed by atoms with Crippen LogP contribution in [-0.4, -0.2) is 28.2 Å². The van der Waals surface area contributed by atoms with E-state index >= 15 is 0 Å². The van der Waals surface area contributed by atoms with Crippen LogP contribution in [0, 0.1) is 34.8 Å². The maximum absolute atomic E-state index is 4.72. The molecule has 26 heavy (non-hydrogen) atoms. The standard InChI is InChI=1S/C22H38N2Si2/c1-25(2,3)17-15-19-7-11-21(12-8-19)23-24-22-13-9-20(10-14-22)16-18-26(4,5)6/h19-22H,7-14H2,1-6H3. The first-order valence-electron chi connectivity index (χ1n) is 10.6. The highest BCUT2D eigenvalue weighted by molar-refractivity contribution is 6.84. The van der Waals surface area contributed by atoms with Crippen molar-refractivity contribution < 1.29 is 0 Å². The lowest BCUT2D eigenvalue weighted by molar-refractivity contribution is 0.345. The van der Waals surface area contributed by atoms with Gasteiger partial charge in [-0.25, -0.2) is 0 Å². The van der Waals surface area contributed by atoms with Crippen molar-refractivity contribution in [2.45, 2.75) is 103 Å². The Morgan fingerprint density at radius 1 is 0.538 bits per heavy atom. The summed E-state index contributed by atoms with van der Waals surface area (Å²) in [6.07, 6.45) is 9.52. The van der Waals surface area contributed by atoms with Gasteiger partial charge in [0.1, 0.15) is 16.1 Å². The molecule has 0 heterocycles. The van der Waals surface area contributed by atoms with Gasteiger partial charge >= 0.3 is 0 Å². The van der Waals surface area contributed by atoms with Gasteiger partial charge in [0, 0.05) is 11.8 Å². The summed E-state index contributed by atoms with van der Waals surface area (Å²) >= 11 is 0. The molecule has 0 N–H and O–H groups in total. The predicted octanol–water partition coefficient (Wildman–Crippen LogP) is 6.32. The summed E-state index contributed by atoms with van der Waals surface area (Å²) in [5.41, 5.74) is 7.08. The van der Waals surface area contributed by atoms with Gasteiger partial charge in [-0.2, -0.15) is 10.2 Å². The Balaban J connectivity index is 1.71. The quantitative estimate of drug-likeness (QED) is 0.301. The summed E-state index contributed by atoms with van der Waals surface area (Å²) in [4.78, 5) is 0. The fourth-order valence-electron chi connectivity index (χ4n) is 3.50. The molecule has 144 valence electrons. The highest BCUT2D eigenvalue weighted by Crippen LogP contribution is 2.29. The van der Waals surface area contributed by atoms with Gasteiger partial charge in [0.25, 0.3) is 0 Å². The van der Waals surface area contributed by atoms with Crippen LogP contribution in [0.3, 0.4) is 0 Å². The molecule has 2 nitrogen and oxygen atoms in total. The summed E-state index contributed by atoms with van der Waals surface area (Å²) in [7, 11) is -2.46. The van der Waals surface area contributed by atoms with Gasteiger partial charge < -0.3 is 0 Å². The molecule has 2 fully saturated rings. The average Bonchev–Trinajstić information content (AvgIpc) is 2.57. The molecule has 2 saturated carbocycles. The van der Waals surface area contributed by atoms with Gasteiger partial charge in [-0.3, -0.25) is 0 Å².